The molecular formula is C54H108O4. The van der Waals surface area contributed by atoms with E-state index in [0.717, 1.165) is 38.5 Å². The molecule has 0 aromatic rings. The van der Waals surface area contributed by atoms with Crippen LogP contribution >= 0.6 is 0 Å². The van der Waals surface area contributed by atoms with Crippen molar-refractivity contribution in [2.24, 2.45) is 5.92 Å². The molecule has 0 amide bonds. The van der Waals surface area contributed by atoms with Crippen molar-refractivity contribution in [2.75, 3.05) is 0 Å². The average molecular weight is 821 g/mol. The fraction of sp³-hybridized carbons (Fsp3) is 0.963. The summed E-state index contributed by atoms with van der Waals surface area (Å²) < 4.78 is 0. The molecular weight excluding hydrogens is 713 g/mol. The minimum Gasteiger partial charge on any atom is -0.481 e. The second-order valence-corrected chi connectivity index (χ2v) is 18.6. The highest BCUT2D eigenvalue weighted by Gasteiger charge is 2.16. The Hall–Kier alpha value is -1.06. The van der Waals surface area contributed by atoms with Crippen LogP contribution in [0.1, 0.15) is 329 Å². The van der Waals surface area contributed by atoms with Crippen LogP contribution in [0, 0.1) is 5.92 Å². The van der Waals surface area contributed by atoms with Crippen LogP contribution in [-0.4, -0.2) is 22.2 Å². The third-order valence-electron chi connectivity index (χ3n) is 12.7. The topological polar surface area (TPSA) is 74.6 Å². The van der Waals surface area contributed by atoms with E-state index < -0.39 is 11.9 Å². The van der Waals surface area contributed by atoms with Crippen molar-refractivity contribution in [3.05, 3.63) is 0 Å². The standard InChI is InChI=1S/C36H72O2.C18H36O2/c1-3-5-7-9-11-13-15-17-19-20-22-24-26-28-30-32-34-35(36(37)38)33-31-29-27-25-23-21-18-16-14-12-10-8-6-4-2;1-2-3-4-5-6-7-8-9-10-11-12-13-14-15-16-17-18(19)20/h35H,3-34H2,1-2H3,(H,37,38);2-17H2,1H3,(H,19,20). The minimum atomic E-state index is -0.653. The average Bonchev–Trinajstić information content (AvgIpc) is 3.21. The Morgan fingerprint density at radius 1 is 0.276 bits per heavy atom. The van der Waals surface area contributed by atoms with Crippen LogP contribution in [0.3, 0.4) is 0 Å². The fourth-order valence-corrected chi connectivity index (χ4v) is 8.56. The Bertz CT molecular complexity index is 766. The molecule has 0 aliphatic carbocycles. The molecule has 0 aromatic carbocycles. The highest BCUT2D eigenvalue weighted by atomic mass is 16.4. The molecule has 0 rings (SSSR count). The molecule has 0 bridgehead atoms. The number of rotatable bonds is 49. The largest absolute Gasteiger partial charge is 0.481 e. The molecule has 0 spiro atoms. The van der Waals surface area contributed by atoms with Crippen molar-refractivity contribution >= 4 is 11.9 Å². The maximum atomic E-state index is 11.7. The molecule has 4 heteroatoms. The number of aliphatic carboxylic acids is 2. The fourth-order valence-electron chi connectivity index (χ4n) is 8.56. The second kappa shape index (κ2) is 54.0. The Kier molecular flexibility index (Phi) is 54.9. The number of hydrogen-bond donors (Lipinski definition) is 2. The van der Waals surface area contributed by atoms with Crippen molar-refractivity contribution in [3.8, 4) is 0 Å². The second-order valence-electron chi connectivity index (χ2n) is 18.6. The van der Waals surface area contributed by atoms with Crippen LogP contribution in [0.15, 0.2) is 0 Å². The van der Waals surface area contributed by atoms with Gasteiger partial charge < -0.3 is 10.2 Å². The maximum Gasteiger partial charge on any atom is 0.306 e. The number of carbonyl (C=O) groups is 2. The van der Waals surface area contributed by atoms with Gasteiger partial charge in [0, 0.05) is 6.42 Å². The Balaban J connectivity index is 0. The van der Waals surface area contributed by atoms with Gasteiger partial charge in [-0.05, 0) is 19.3 Å². The monoisotopic (exact) mass is 821 g/mol. The number of hydrogen-bond acceptors (Lipinski definition) is 2. The molecule has 1 unspecified atom stereocenters. The summed E-state index contributed by atoms with van der Waals surface area (Å²) in [4.78, 5) is 22.0. The molecule has 2 N–H and O–H groups in total. The van der Waals surface area contributed by atoms with Gasteiger partial charge in [0.1, 0.15) is 0 Å². The molecule has 0 aliphatic rings. The zero-order valence-corrected chi connectivity index (χ0v) is 40.2. The van der Waals surface area contributed by atoms with E-state index in [4.69, 9.17) is 5.11 Å². The zero-order valence-electron chi connectivity index (χ0n) is 40.2. The van der Waals surface area contributed by atoms with Gasteiger partial charge in [-0.3, -0.25) is 9.59 Å². The first-order chi connectivity index (χ1) is 28.5. The van der Waals surface area contributed by atoms with Crippen LogP contribution in [0.5, 0.6) is 0 Å². The zero-order chi connectivity index (χ0) is 42.7. The lowest BCUT2D eigenvalue weighted by Gasteiger charge is -2.12. The van der Waals surface area contributed by atoms with E-state index in [2.05, 4.69) is 20.8 Å². The lowest BCUT2D eigenvalue weighted by Crippen LogP contribution is -2.13. The summed E-state index contributed by atoms with van der Waals surface area (Å²) in [5.74, 6) is -1.31. The van der Waals surface area contributed by atoms with Crippen molar-refractivity contribution in [2.45, 2.75) is 329 Å². The Morgan fingerprint density at radius 3 is 0.621 bits per heavy atom. The molecule has 0 fully saturated rings. The molecule has 0 aliphatic heterocycles. The van der Waals surface area contributed by atoms with Crippen molar-refractivity contribution < 1.29 is 19.8 Å². The van der Waals surface area contributed by atoms with Crippen LogP contribution in [0.2, 0.25) is 0 Å². The molecule has 1 atom stereocenters. The molecule has 0 saturated heterocycles. The SMILES string of the molecule is CCCCCCCCCCCCCCCCCC(=O)O.CCCCCCCCCCCCCCCCCCC(CCCCCCCCCCCCCCCC)C(=O)O. The highest BCUT2D eigenvalue weighted by molar-refractivity contribution is 5.69. The van der Waals surface area contributed by atoms with E-state index in [0.29, 0.717) is 6.42 Å². The summed E-state index contributed by atoms with van der Waals surface area (Å²) in [6.07, 6.45) is 63.0. The number of carboxylic acid groups (broad SMARTS) is 2. The third kappa shape index (κ3) is 54.9. The lowest BCUT2D eigenvalue weighted by atomic mass is 9.94. The minimum absolute atomic E-state index is 0.0982. The van der Waals surface area contributed by atoms with Crippen LogP contribution in [0.4, 0.5) is 0 Å². The van der Waals surface area contributed by atoms with E-state index in [1.54, 1.807) is 0 Å². The summed E-state index contributed by atoms with van der Waals surface area (Å²) in [6.45, 7) is 6.84. The molecule has 0 aromatic heterocycles. The number of unbranched alkanes of at least 4 members (excludes halogenated alkanes) is 42. The lowest BCUT2D eigenvalue weighted by molar-refractivity contribution is -0.142. The first-order valence-electron chi connectivity index (χ1n) is 26.9. The van der Waals surface area contributed by atoms with Crippen LogP contribution in [-0.2, 0) is 9.59 Å². The van der Waals surface area contributed by atoms with Crippen molar-refractivity contribution in [3.63, 3.8) is 0 Å². The molecule has 0 heterocycles. The summed E-state index contributed by atoms with van der Waals surface area (Å²) in [6, 6.07) is 0. The maximum absolute atomic E-state index is 11.7. The van der Waals surface area contributed by atoms with Crippen molar-refractivity contribution in [1.29, 1.82) is 0 Å². The quantitative estimate of drug-likeness (QED) is 0.0600. The first-order valence-corrected chi connectivity index (χ1v) is 26.9. The summed E-state index contributed by atoms with van der Waals surface area (Å²) >= 11 is 0. The normalized spacial score (nSPS) is 11.8. The van der Waals surface area contributed by atoms with Gasteiger partial charge in [0.15, 0.2) is 0 Å². The van der Waals surface area contributed by atoms with E-state index in [-0.39, 0.29) is 5.92 Å². The molecule has 4 nitrogen and oxygen atoms in total. The Morgan fingerprint density at radius 2 is 0.448 bits per heavy atom. The summed E-state index contributed by atoms with van der Waals surface area (Å²) in [5, 5.41) is 18.1. The van der Waals surface area contributed by atoms with Gasteiger partial charge in [0.2, 0.25) is 0 Å². The van der Waals surface area contributed by atoms with Crippen LogP contribution in [0.25, 0.3) is 0 Å². The van der Waals surface area contributed by atoms with Crippen molar-refractivity contribution in [1.82, 2.24) is 0 Å². The Labute approximate surface area is 365 Å². The molecule has 58 heavy (non-hydrogen) atoms. The molecule has 0 saturated carbocycles. The van der Waals surface area contributed by atoms with Gasteiger partial charge in [-0.15, -0.1) is 0 Å². The molecule has 348 valence electrons. The van der Waals surface area contributed by atoms with Gasteiger partial charge in [-0.25, -0.2) is 0 Å². The van der Waals surface area contributed by atoms with E-state index >= 15 is 0 Å². The van der Waals surface area contributed by atoms with Gasteiger partial charge in [0.05, 0.1) is 5.92 Å². The van der Waals surface area contributed by atoms with Gasteiger partial charge in [0.25, 0.3) is 0 Å². The van der Waals surface area contributed by atoms with E-state index in [9.17, 15) is 14.7 Å². The van der Waals surface area contributed by atoms with E-state index in [1.807, 2.05) is 0 Å². The molecule has 0 radical (unpaired) electrons. The van der Waals surface area contributed by atoms with Crippen LogP contribution < -0.4 is 0 Å². The predicted molar refractivity (Wildman–Crippen MR) is 257 cm³/mol. The van der Waals surface area contributed by atoms with E-state index in [1.165, 1.54) is 263 Å². The predicted octanol–water partition coefficient (Wildman–Crippen LogP) is 19.5. The van der Waals surface area contributed by atoms with Gasteiger partial charge in [-0.1, -0.05) is 303 Å². The first kappa shape index (κ1) is 59.0. The smallest absolute Gasteiger partial charge is 0.306 e. The van der Waals surface area contributed by atoms with Gasteiger partial charge >= 0.3 is 11.9 Å². The van der Waals surface area contributed by atoms with Gasteiger partial charge in [-0.2, -0.15) is 0 Å². The highest BCUT2D eigenvalue weighted by Crippen LogP contribution is 2.21. The number of carboxylic acids is 2. The summed E-state index contributed by atoms with van der Waals surface area (Å²) in [5.41, 5.74) is 0. The third-order valence-corrected chi connectivity index (χ3v) is 12.7. The summed E-state index contributed by atoms with van der Waals surface area (Å²) in [7, 11) is 0.